The minimum absolute atomic E-state index is 0.0304. The highest BCUT2D eigenvalue weighted by atomic mass is 19.1. The van der Waals surface area contributed by atoms with Crippen LogP contribution in [-0.2, 0) is 23.8 Å². The van der Waals surface area contributed by atoms with Crippen molar-refractivity contribution in [3.8, 4) is 5.75 Å². The van der Waals surface area contributed by atoms with Crippen molar-refractivity contribution in [2.45, 2.75) is 90.6 Å². The Bertz CT molecular complexity index is 1320. The van der Waals surface area contributed by atoms with Gasteiger partial charge in [-0.25, -0.2) is 4.79 Å². The number of hydrogen-bond acceptors (Lipinski definition) is 9. The molecule has 0 aliphatic carbocycles. The predicted molar refractivity (Wildman–Crippen MR) is 145 cm³/mol. The molecule has 1 fully saturated rings. The van der Waals surface area contributed by atoms with Crippen LogP contribution in [0, 0.1) is 5.82 Å². The minimum Gasteiger partial charge on any atom is -0.494 e. The summed E-state index contributed by atoms with van der Waals surface area (Å²) in [6.45, 7) is 6.01. The third-order valence-electron chi connectivity index (χ3n) is 6.50. The van der Waals surface area contributed by atoms with Crippen LogP contribution in [0.15, 0.2) is 40.1 Å². The summed E-state index contributed by atoms with van der Waals surface area (Å²) in [6.07, 6.45) is 1.47. The maximum absolute atomic E-state index is 14.8. The number of unbranched alkanes of at least 4 members (excludes halogenated alkanes) is 2. The van der Waals surface area contributed by atoms with Gasteiger partial charge in [0.2, 0.25) is 5.82 Å². The van der Waals surface area contributed by atoms with Crippen LogP contribution in [0.3, 0.4) is 0 Å². The van der Waals surface area contributed by atoms with Gasteiger partial charge in [0.05, 0.1) is 12.8 Å². The van der Waals surface area contributed by atoms with E-state index in [9.17, 15) is 28.4 Å². The van der Waals surface area contributed by atoms with E-state index in [2.05, 4.69) is 0 Å². The highest BCUT2D eigenvalue weighted by Gasteiger charge is 2.41. The molecule has 0 saturated carbocycles. The fourth-order valence-corrected chi connectivity index (χ4v) is 4.23. The number of nitrogens with zero attached hydrogens (tertiary/aromatic N) is 2. The molecular formula is C29H37FN2O9. The van der Waals surface area contributed by atoms with Crippen LogP contribution in [0.1, 0.15) is 88.7 Å². The second-order valence-electron chi connectivity index (χ2n) is 9.77. The largest absolute Gasteiger partial charge is 0.494 e. The first-order chi connectivity index (χ1) is 19.7. The lowest BCUT2D eigenvalue weighted by Gasteiger charge is -2.19. The number of esters is 2. The molecule has 1 aliphatic rings. The van der Waals surface area contributed by atoms with Gasteiger partial charge >= 0.3 is 17.6 Å². The Labute approximate surface area is 237 Å². The maximum Gasteiger partial charge on any atom is 0.340 e. The Morgan fingerprint density at radius 1 is 0.976 bits per heavy atom. The third-order valence-corrected chi connectivity index (χ3v) is 6.50. The van der Waals surface area contributed by atoms with E-state index in [1.165, 1.54) is 24.3 Å². The predicted octanol–water partition coefficient (Wildman–Crippen LogP) is 3.75. The molecule has 224 valence electrons. The number of carbonyl (C=O) groups is 3. The Balaban J connectivity index is 1.88. The summed E-state index contributed by atoms with van der Waals surface area (Å²) in [5.41, 5.74) is -2.57. The van der Waals surface area contributed by atoms with E-state index in [4.69, 9.17) is 18.9 Å². The lowest BCUT2D eigenvalue weighted by Crippen LogP contribution is -2.46. The number of aromatic nitrogens is 2. The molecule has 0 unspecified atom stereocenters. The summed E-state index contributed by atoms with van der Waals surface area (Å²) in [6, 6.07) is 5.76. The van der Waals surface area contributed by atoms with Crippen LogP contribution in [0.4, 0.5) is 4.39 Å². The van der Waals surface area contributed by atoms with Crippen molar-refractivity contribution in [2.24, 2.45) is 0 Å². The molecule has 0 bridgehead atoms. The molecule has 1 aromatic heterocycles. The van der Waals surface area contributed by atoms with Crippen LogP contribution in [0.2, 0.25) is 0 Å². The molecule has 3 atom stereocenters. The normalized spacial score (nSPS) is 18.2. The number of benzene rings is 1. The second-order valence-corrected chi connectivity index (χ2v) is 9.77. The van der Waals surface area contributed by atoms with Crippen molar-refractivity contribution in [3.05, 3.63) is 62.7 Å². The summed E-state index contributed by atoms with van der Waals surface area (Å²) < 4.78 is 38.0. The molecule has 0 radical (unpaired) electrons. The summed E-state index contributed by atoms with van der Waals surface area (Å²) in [4.78, 5) is 63.5. The zero-order valence-corrected chi connectivity index (χ0v) is 23.6. The molecule has 1 saturated heterocycles. The Morgan fingerprint density at radius 2 is 1.63 bits per heavy atom. The SMILES string of the molecule is CCCCC(=O)OC[C@H]1O[C@@H](n2cc(F)c(=O)n(C(=O)c3ccc(OCCC)cc3)c2=O)C[C@@H]1OC(=O)CCCC. The number of rotatable bonds is 14. The number of carbonyl (C=O) groups excluding carboxylic acids is 3. The van der Waals surface area contributed by atoms with E-state index >= 15 is 0 Å². The second kappa shape index (κ2) is 15.3. The molecule has 0 amide bonds. The van der Waals surface area contributed by atoms with E-state index in [1.807, 2.05) is 20.8 Å². The van der Waals surface area contributed by atoms with Gasteiger partial charge in [0.25, 0.3) is 11.5 Å². The van der Waals surface area contributed by atoms with Crippen LogP contribution in [0.25, 0.3) is 0 Å². The third kappa shape index (κ3) is 8.35. The van der Waals surface area contributed by atoms with Gasteiger partial charge in [-0.15, -0.1) is 0 Å². The molecule has 0 spiro atoms. The van der Waals surface area contributed by atoms with Crippen molar-refractivity contribution >= 4 is 17.8 Å². The first-order valence-corrected chi connectivity index (χ1v) is 14.0. The molecule has 41 heavy (non-hydrogen) atoms. The van der Waals surface area contributed by atoms with Crippen LogP contribution in [0.5, 0.6) is 5.75 Å². The minimum atomic E-state index is -1.41. The maximum atomic E-state index is 14.8. The van der Waals surface area contributed by atoms with Gasteiger partial charge in [-0.05, 0) is 43.5 Å². The van der Waals surface area contributed by atoms with Crippen molar-refractivity contribution < 1.29 is 37.7 Å². The number of ether oxygens (including phenoxy) is 4. The smallest absolute Gasteiger partial charge is 0.340 e. The van der Waals surface area contributed by atoms with E-state index in [1.54, 1.807) is 0 Å². The Hall–Kier alpha value is -3.80. The quantitative estimate of drug-likeness (QED) is 0.309. The van der Waals surface area contributed by atoms with E-state index < -0.39 is 53.3 Å². The van der Waals surface area contributed by atoms with Crippen molar-refractivity contribution in [1.29, 1.82) is 0 Å². The zero-order chi connectivity index (χ0) is 29.9. The number of hydrogen-bond donors (Lipinski definition) is 0. The molecule has 0 N–H and O–H groups in total. The van der Waals surface area contributed by atoms with E-state index in [0.717, 1.165) is 23.8 Å². The fourth-order valence-electron chi connectivity index (χ4n) is 4.23. The van der Waals surface area contributed by atoms with Crippen molar-refractivity contribution in [2.75, 3.05) is 13.2 Å². The summed E-state index contributed by atoms with van der Waals surface area (Å²) in [5, 5.41) is 0. The Kier molecular flexibility index (Phi) is 11.8. The van der Waals surface area contributed by atoms with Gasteiger partial charge in [-0.3, -0.25) is 23.7 Å². The van der Waals surface area contributed by atoms with Crippen molar-refractivity contribution in [3.63, 3.8) is 0 Å². The molecule has 11 nitrogen and oxygen atoms in total. The number of halogens is 1. The van der Waals surface area contributed by atoms with Gasteiger partial charge < -0.3 is 18.9 Å². The monoisotopic (exact) mass is 576 g/mol. The molecule has 2 heterocycles. The van der Waals surface area contributed by atoms with Crippen LogP contribution in [-0.4, -0.2) is 52.4 Å². The molecule has 1 aromatic carbocycles. The highest BCUT2D eigenvalue weighted by molar-refractivity contribution is 5.95. The first-order valence-electron chi connectivity index (χ1n) is 14.0. The molecule has 1 aliphatic heterocycles. The average molecular weight is 577 g/mol. The van der Waals surface area contributed by atoms with Gasteiger partial charge in [-0.2, -0.15) is 8.96 Å². The van der Waals surface area contributed by atoms with Gasteiger partial charge in [-0.1, -0.05) is 33.6 Å². The van der Waals surface area contributed by atoms with Gasteiger partial charge in [0.15, 0.2) is 0 Å². The summed E-state index contributed by atoms with van der Waals surface area (Å²) >= 11 is 0. The van der Waals surface area contributed by atoms with Crippen LogP contribution < -0.4 is 16.0 Å². The zero-order valence-electron chi connectivity index (χ0n) is 23.6. The van der Waals surface area contributed by atoms with Gasteiger partial charge in [0, 0.05) is 24.8 Å². The van der Waals surface area contributed by atoms with Crippen LogP contribution >= 0.6 is 0 Å². The highest BCUT2D eigenvalue weighted by Crippen LogP contribution is 2.31. The molecule has 2 aromatic rings. The Morgan fingerprint density at radius 3 is 2.27 bits per heavy atom. The summed E-state index contributed by atoms with van der Waals surface area (Å²) in [7, 11) is 0. The van der Waals surface area contributed by atoms with E-state index in [0.29, 0.717) is 31.4 Å². The average Bonchev–Trinajstić information content (AvgIpc) is 3.36. The molecule has 3 rings (SSSR count). The molecule has 12 heteroatoms. The lowest BCUT2D eigenvalue weighted by molar-refractivity contribution is -0.158. The summed E-state index contributed by atoms with van der Waals surface area (Å²) in [5.74, 6) is -2.84. The standard InChI is InChI=1S/C29H37FN2O9/c1-4-7-9-25(33)39-18-23-22(41-26(34)10-8-5-2)16-24(40-23)31-17-21(30)28(36)32(29(31)37)27(35)19-11-13-20(14-12-19)38-15-6-3/h11-14,17,22-24H,4-10,15-16,18H2,1-3H3/t22-,23+,24+/m0/s1. The van der Waals surface area contributed by atoms with Crippen molar-refractivity contribution in [1.82, 2.24) is 9.13 Å². The topological polar surface area (TPSA) is 132 Å². The van der Waals surface area contributed by atoms with E-state index in [-0.39, 0.29) is 36.0 Å². The fraction of sp³-hybridized carbons (Fsp3) is 0.552. The van der Waals surface area contributed by atoms with Gasteiger partial charge in [0.1, 0.15) is 30.8 Å². The first kappa shape index (κ1) is 31.7. The molecular weight excluding hydrogens is 539 g/mol. The lowest BCUT2D eigenvalue weighted by atomic mass is 10.1.